The number of aromatic carboxylic acids is 1. The van der Waals surface area contributed by atoms with Crippen molar-refractivity contribution in [2.75, 3.05) is 18.0 Å². The summed E-state index contributed by atoms with van der Waals surface area (Å²) in [5.74, 6) is -0.349. The van der Waals surface area contributed by atoms with Gasteiger partial charge < -0.3 is 10.0 Å². The van der Waals surface area contributed by atoms with E-state index in [-0.39, 0.29) is 5.56 Å². The van der Waals surface area contributed by atoms with Crippen LogP contribution in [0.1, 0.15) is 44.0 Å². The van der Waals surface area contributed by atoms with Gasteiger partial charge in [-0.15, -0.1) is 0 Å². The molecule has 1 aromatic rings. The zero-order valence-electron chi connectivity index (χ0n) is 11.8. The van der Waals surface area contributed by atoms with Gasteiger partial charge in [0.05, 0.1) is 11.3 Å². The maximum absolute atomic E-state index is 11.3. The van der Waals surface area contributed by atoms with Crippen molar-refractivity contribution in [2.24, 2.45) is 5.92 Å². The molecule has 0 aromatic heterocycles. The number of hydrogen-bond donors (Lipinski definition) is 1. The lowest BCUT2D eigenvalue weighted by Gasteiger charge is -2.28. The summed E-state index contributed by atoms with van der Waals surface area (Å²) in [6.45, 7) is 8.05. The van der Waals surface area contributed by atoms with Crippen molar-refractivity contribution in [3.8, 4) is 0 Å². The molecule has 1 aromatic carbocycles. The standard InChI is InChI=1S/C15H22ClNO2/c1-4-11(5-2)10-17(6-3)14-8-7-12(16)9-13(14)15(18)19/h7-9,11H,4-6,10H2,1-3H3,(H,18,19). The third-order valence-electron chi connectivity index (χ3n) is 3.54. The van der Waals surface area contributed by atoms with Gasteiger partial charge in [-0.25, -0.2) is 4.79 Å². The highest BCUT2D eigenvalue weighted by Gasteiger charge is 2.17. The largest absolute Gasteiger partial charge is 0.478 e. The van der Waals surface area contributed by atoms with Gasteiger partial charge in [-0.05, 0) is 31.0 Å². The Morgan fingerprint density at radius 2 is 1.95 bits per heavy atom. The summed E-state index contributed by atoms with van der Waals surface area (Å²) in [7, 11) is 0. The third kappa shape index (κ3) is 4.13. The quantitative estimate of drug-likeness (QED) is 0.811. The summed E-state index contributed by atoms with van der Waals surface area (Å²) >= 11 is 5.89. The lowest BCUT2D eigenvalue weighted by atomic mass is 10.0. The summed E-state index contributed by atoms with van der Waals surface area (Å²) in [4.78, 5) is 13.5. The van der Waals surface area contributed by atoms with E-state index in [4.69, 9.17) is 11.6 Å². The zero-order valence-corrected chi connectivity index (χ0v) is 12.6. The van der Waals surface area contributed by atoms with Crippen molar-refractivity contribution >= 4 is 23.3 Å². The Morgan fingerprint density at radius 3 is 2.42 bits per heavy atom. The molecule has 0 unspecified atom stereocenters. The molecule has 0 spiro atoms. The van der Waals surface area contributed by atoms with E-state index in [1.54, 1.807) is 12.1 Å². The minimum absolute atomic E-state index is 0.278. The lowest BCUT2D eigenvalue weighted by molar-refractivity contribution is 0.0697. The molecule has 0 saturated carbocycles. The van der Waals surface area contributed by atoms with Crippen LogP contribution in [0.4, 0.5) is 5.69 Å². The number of rotatable bonds is 7. The van der Waals surface area contributed by atoms with Crippen LogP contribution in [0.5, 0.6) is 0 Å². The normalized spacial score (nSPS) is 10.8. The predicted molar refractivity (Wildman–Crippen MR) is 80.4 cm³/mol. The number of carbonyl (C=O) groups is 1. The van der Waals surface area contributed by atoms with Gasteiger partial charge in [0.1, 0.15) is 0 Å². The van der Waals surface area contributed by atoms with E-state index in [0.717, 1.165) is 31.6 Å². The van der Waals surface area contributed by atoms with Crippen LogP contribution in [0.3, 0.4) is 0 Å². The molecule has 1 N–H and O–H groups in total. The van der Waals surface area contributed by atoms with Crippen molar-refractivity contribution in [3.63, 3.8) is 0 Å². The van der Waals surface area contributed by atoms with Crippen LogP contribution in [0.15, 0.2) is 18.2 Å². The second-order valence-corrected chi connectivity index (χ2v) is 5.12. The number of anilines is 1. The van der Waals surface area contributed by atoms with Crippen LogP contribution < -0.4 is 4.90 Å². The first-order valence-electron chi connectivity index (χ1n) is 6.81. The van der Waals surface area contributed by atoms with Crippen LogP contribution in [-0.4, -0.2) is 24.2 Å². The first-order valence-corrected chi connectivity index (χ1v) is 7.18. The number of hydrogen-bond acceptors (Lipinski definition) is 2. The first kappa shape index (κ1) is 15.8. The number of carboxylic acid groups (broad SMARTS) is 1. The van der Waals surface area contributed by atoms with E-state index in [1.807, 2.05) is 6.92 Å². The Morgan fingerprint density at radius 1 is 1.32 bits per heavy atom. The highest BCUT2D eigenvalue weighted by atomic mass is 35.5. The Balaban J connectivity index is 3.07. The molecule has 1 rings (SSSR count). The molecule has 0 atom stereocenters. The summed E-state index contributed by atoms with van der Waals surface area (Å²) in [5, 5.41) is 9.76. The fourth-order valence-electron chi connectivity index (χ4n) is 2.21. The molecule has 0 heterocycles. The Kier molecular flexibility index (Phi) is 6.16. The Hall–Kier alpha value is -1.22. The average molecular weight is 284 g/mol. The SMILES string of the molecule is CCC(CC)CN(CC)c1ccc(Cl)cc1C(=O)O. The van der Waals surface area contributed by atoms with E-state index < -0.39 is 5.97 Å². The molecular weight excluding hydrogens is 262 g/mol. The monoisotopic (exact) mass is 283 g/mol. The van der Waals surface area contributed by atoms with Crippen molar-refractivity contribution < 1.29 is 9.90 Å². The fraction of sp³-hybridized carbons (Fsp3) is 0.533. The van der Waals surface area contributed by atoms with Gasteiger partial charge in [0.25, 0.3) is 0 Å². The molecule has 106 valence electrons. The van der Waals surface area contributed by atoms with Crippen molar-refractivity contribution in [2.45, 2.75) is 33.6 Å². The minimum Gasteiger partial charge on any atom is -0.478 e. The van der Waals surface area contributed by atoms with Gasteiger partial charge in [0.15, 0.2) is 0 Å². The third-order valence-corrected chi connectivity index (χ3v) is 3.78. The van der Waals surface area contributed by atoms with Gasteiger partial charge >= 0.3 is 5.97 Å². The van der Waals surface area contributed by atoms with Crippen molar-refractivity contribution in [1.82, 2.24) is 0 Å². The fourth-order valence-corrected chi connectivity index (χ4v) is 2.38. The molecular formula is C15H22ClNO2. The molecule has 0 aliphatic heterocycles. The molecule has 0 fully saturated rings. The molecule has 0 saturated heterocycles. The Bertz CT molecular complexity index is 430. The van der Waals surface area contributed by atoms with Gasteiger partial charge in [0, 0.05) is 18.1 Å². The highest BCUT2D eigenvalue weighted by Crippen LogP contribution is 2.26. The smallest absolute Gasteiger partial charge is 0.337 e. The molecule has 0 amide bonds. The summed E-state index contributed by atoms with van der Waals surface area (Å²) in [6.07, 6.45) is 2.20. The topological polar surface area (TPSA) is 40.5 Å². The maximum Gasteiger partial charge on any atom is 0.337 e. The highest BCUT2D eigenvalue weighted by molar-refractivity contribution is 6.31. The van der Waals surface area contributed by atoms with Crippen molar-refractivity contribution in [1.29, 1.82) is 0 Å². The molecule has 0 aliphatic carbocycles. The number of halogens is 1. The summed E-state index contributed by atoms with van der Waals surface area (Å²) in [6, 6.07) is 5.07. The molecule has 3 nitrogen and oxygen atoms in total. The van der Waals surface area contributed by atoms with Crippen LogP contribution in [0, 0.1) is 5.92 Å². The number of benzene rings is 1. The van der Waals surface area contributed by atoms with E-state index in [1.165, 1.54) is 6.07 Å². The van der Waals surface area contributed by atoms with Crippen LogP contribution >= 0.6 is 11.6 Å². The van der Waals surface area contributed by atoms with Crippen LogP contribution in [0.2, 0.25) is 5.02 Å². The van der Waals surface area contributed by atoms with Gasteiger partial charge in [-0.2, -0.15) is 0 Å². The molecule has 4 heteroatoms. The van der Waals surface area contributed by atoms with Crippen molar-refractivity contribution in [3.05, 3.63) is 28.8 Å². The van der Waals surface area contributed by atoms with Gasteiger partial charge in [-0.1, -0.05) is 38.3 Å². The summed E-state index contributed by atoms with van der Waals surface area (Å²) in [5.41, 5.74) is 1.03. The lowest BCUT2D eigenvalue weighted by Crippen LogP contribution is -2.30. The minimum atomic E-state index is -0.930. The molecule has 0 bridgehead atoms. The van der Waals surface area contributed by atoms with Gasteiger partial charge in [0.2, 0.25) is 0 Å². The van der Waals surface area contributed by atoms with E-state index in [9.17, 15) is 9.90 Å². The Labute approximate surface area is 120 Å². The number of nitrogens with zero attached hydrogens (tertiary/aromatic N) is 1. The van der Waals surface area contributed by atoms with Crippen LogP contribution in [-0.2, 0) is 0 Å². The van der Waals surface area contributed by atoms with Gasteiger partial charge in [-0.3, -0.25) is 0 Å². The first-order chi connectivity index (χ1) is 9.03. The molecule has 0 radical (unpaired) electrons. The van der Waals surface area contributed by atoms with E-state index in [2.05, 4.69) is 18.7 Å². The average Bonchev–Trinajstić information content (AvgIpc) is 2.40. The van der Waals surface area contributed by atoms with E-state index in [0.29, 0.717) is 10.9 Å². The second kappa shape index (κ2) is 7.39. The zero-order chi connectivity index (χ0) is 14.4. The maximum atomic E-state index is 11.3. The summed E-state index contributed by atoms with van der Waals surface area (Å²) < 4.78 is 0. The molecule has 0 aliphatic rings. The van der Waals surface area contributed by atoms with Crippen LogP contribution in [0.25, 0.3) is 0 Å². The predicted octanol–water partition coefficient (Wildman–Crippen LogP) is 4.30. The molecule has 19 heavy (non-hydrogen) atoms. The second-order valence-electron chi connectivity index (χ2n) is 4.69. The number of carboxylic acids is 1. The van der Waals surface area contributed by atoms with E-state index >= 15 is 0 Å².